The van der Waals surface area contributed by atoms with Crippen LogP contribution < -0.4 is 30.2 Å². The van der Waals surface area contributed by atoms with Crippen molar-refractivity contribution in [1.29, 1.82) is 0 Å². The van der Waals surface area contributed by atoms with E-state index in [1.807, 2.05) is 56.3 Å². The Bertz CT molecular complexity index is 1950. The van der Waals surface area contributed by atoms with Gasteiger partial charge >= 0.3 is 12.1 Å². The predicted molar refractivity (Wildman–Crippen MR) is 208 cm³/mol. The monoisotopic (exact) mass is 739 g/mol. The average Bonchev–Trinajstić information content (AvgIpc) is 3.64. The fourth-order valence-corrected chi connectivity index (χ4v) is 6.63. The normalized spacial score (nSPS) is 19.5. The molecule has 0 aromatic heterocycles. The molecule has 4 aromatic carbocycles. The van der Waals surface area contributed by atoms with Gasteiger partial charge in [-0.3, -0.25) is 4.79 Å². The number of nitrogens with zero attached hydrogens (tertiary/aromatic N) is 2. The molecule has 0 saturated heterocycles. The number of nitrogens with one attached hydrogen (secondary N) is 3. The van der Waals surface area contributed by atoms with E-state index in [0.717, 1.165) is 30.0 Å². The van der Waals surface area contributed by atoms with Crippen molar-refractivity contribution in [3.8, 4) is 17.2 Å². The third kappa shape index (κ3) is 9.33. The second-order valence-electron chi connectivity index (χ2n) is 14.0. The second-order valence-corrected chi connectivity index (χ2v) is 14.0. The van der Waals surface area contributed by atoms with Crippen molar-refractivity contribution in [3.05, 3.63) is 84.4 Å². The molecule has 2 aliphatic heterocycles. The molecule has 2 heterocycles. The summed E-state index contributed by atoms with van der Waals surface area (Å²) in [6.45, 7) is 6.52. The molecule has 0 radical (unpaired) electrons. The molecule has 286 valence electrons. The average molecular weight is 740 g/mol. The van der Waals surface area contributed by atoms with Crippen LogP contribution in [-0.2, 0) is 4.74 Å². The van der Waals surface area contributed by atoms with Crippen molar-refractivity contribution < 1.29 is 38.4 Å². The van der Waals surface area contributed by atoms with E-state index >= 15 is 0 Å². The molecular weight excluding hydrogens is 690 g/mol. The van der Waals surface area contributed by atoms with E-state index in [4.69, 9.17) is 18.9 Å². The summed E-state index contributed by atoms with van der Waals surface area (Å²) in [5, 5.41) is 20.9. The Kier molecular flexibility index (Phi) is 12.4. The number of hydrogen-bond donors (Lipinski definition) is 4. The molecule has 0 saturated carbocycles. The molecule has 0 aliphatic carbocycles. The quantitative estimate of drug-likeness (QED) is 0.156. The fourth-order valence-electron chi connectivity index (χ4n) is 6.63. The third-order valence-corrected chi connectivity index (χ3v) is 9.77. The molecule has 13 heteroatoms. The van der Waals surface area contributed by atoms with Crippen LogP contribution in [0.15, 0.2) is 78.9 Å². The third-order valence-electron chi connectivity index (χ3n) is 9.77. The molecule has 54 heavy (non-hydrogen) atoms. The lowest BCUT2D eigenvalue weighted by Crippen LogP contribution is -2.48. The number of rotatable bonds is 7. The van der Waals surface area contributed by atoms with Gasteiger partial charge in [0.15, 0.2) is 11.5 Å². The smallest absolute Gasteiger partial charge is 0.323 e. The van der Waals surface area contributed by atoms with Gasteiger partial charge < -0.3 is 49.8 Å². The molecule has 4 atom stereocenters. The van der Waals surface area contributed by atoms with Crippen LogP contribution in [0, 0.1) is 5.92 Å². The highest BCUT2D eigenvalue weighted by Gasteiger charge is 2.31. The summed E-state index contributed by atoms with van der Waals surface area (Å²) in [5.74, 6) is 0.903. The van der Waals surface area contributed by atoms with Crippen molar-refractivity contribution in [2.45, 2.75) is 58.3 Å². The molecule has 0 bridgehead atoms. The zero-order valence-electron chi connectivity index (χ0n) is 31.2. The highest BCUT2D eigenvalue weighted by Crippen LogP contribution is 2.34. The molecule has 4 aromatic rings. The van der Waals surface area contributed by atoms with E-state index in [-0.39, 0.29) is 56.0 Å². The standard InChI is InChI=1S/C41H49N5O8/c1-26-22-46(27(2)24-47)39(48)33-20-30(42-40(49)43-31-16-18-36-37(21-31)53-25-52-36)15-17-35(33)54-28(3)10-7-8-19-51-38(26)23-45(4)41(50)44-34-14-9-12-29-11-5-6-13-32(29)34/h5-6,9,11-18,20-21,26-28,38,47H,7-8,10,19,22-25H2,1-4H3,(H,44,50)(H2,42,43,49)/t26-,27+,28+,38+/m1/s1. The second kappa shape index (κ2) is 17.5. The zero-order chi connectivity index (χ0) is 38.2. The molecule has 13 nitrogen and oxygen atoms in total. The Morgan fingerprint density at radius 2 is 1.63 bits per heavy atom. The van der Waals surface area contributed by atoms with Gasteiger partial charge in [-0.05, 0) is 74.9 Å². The van der Waals surface area contributed by atoms with Crippen LogP contribution in [0.2, 0.25) is 0 Å². The highest BCUT2D eigenvalue weighted by molar-refractivity contribution is 6.03. The predicted octanol–water partition coefficient (Wildman–Crippen LogP) is 7.17. The summed E-state index contributed by atoms with van der Waals surface area (Å²) < 4.78 is 23.5. The maximum atomic E-state index is 14.5. The Hall–Kier alpha value is -5.53. The van der Waals surface area contributed by atoms with Gasteiger partial charge in [0.2, 0.25) is 6.79 Å². The largest absolute Gasteiger partial charge is 0.490 e. The number of fused-ring (bicyclic) bond motifs is 3. The molecule has 0 fully saturated rings. The number of amides is 5. The maximum Gasteiger partial charge on any atom is 0.323 e. The van der Waals surface area contributed by atoms with Crippen molar-refractivity contribution in [3.63, 3.8) is 0 Å². The maximum absolute atomic E-state index is 14.5. The van der Waals surface area contributed by atoms with Crippen LogP contribution in [0.3, 0.4) is 0 Å². The minimum atomic E-state index is -0.558. The lowest BCUT2D eigenvalue weighted by atomic mass is 10.0. The number of likely N-dealkylation sites (N-methyl/N-ethyl adjacent to an activating group) is 1. The van der Waals surface area contributed by atoms with Crippen LogP contribution >= 0.6 is 0 Å². The van der Waals surface area contributed by atoms with E-state index in [2.05, 4.69) is 16.0 Å². The molecular formula is C41H49N5O8. The first-order valence-electron chi connectivity index (χ1n) is 18.4. The van der Waals surface area contributed by atoms with Crippen molar-refractivity contribution >= 4 is 45.8 Å². The van der Waals surface area contributed by atoms with Crippen LogP contribution in [0.5, 0.6) is 17.2 Å². The van der Waals surface area contributed by atoms with Gasteiger partial charge in [-0.2, -0.15) is 0 Å². The first kappa shape index (κ1) is 38.2. The number of anilines is 3. The van der Waals surface area contributed by atoms with Crippen LogP contribution in [0.1, 0.15) is 50.4 Å². The van der Waals surface area contributed by atoms with Crippen LogP contribution in [-0.4, -0.2) is 91.3 Å². The SMILES string of the molecule is C[C@@H]1CN([C@@H](C)CO)C(=O)c2cc(NC(=O)Nc3ccc4c(c3)OCO4)ccc2O[C@@H](C)CCCCO[C@H]1CN(C)C(=O)Nc1cccc2ccccc12. The number of hydrogen-bond acceptors (Lipinski definition) is 8. The van der Waals surface area contributed by atoms with Crippen LogP contribution in [0.4, 0.5) is 26.7 Å². The van der Waals surface area contributed by atoms with E-state index in [0.29, 0.717) is 40.9 Å². The van der Waals surface area contributed by atoms with Crippen LogP contribution in [0.25, 0.3) is 10.8 Å². The first-order chi connectivity index (χ1) is 26.1. The van der Waals surface area contributed by atoms with E-state index < -0.39 is 18.2 Å². The van der Waals surface area contributed by atoms with E-state index in [1.165, 1.54) is 0 Å². The lowest BCUT2D eigenvalue weighted by molar-refractivity contribution is -0.0115. The molecule has 5 amide bonds. The van der Waals surface area contributed by atoms with Crippen molar-refractivity contribution in [1.82, 2.24) is 9.80 Å². The summed E-state index contributed by atoms with van der Waals surface area (Å²) in [6.07, 6.45) is 1.70. The first-order valence-corrected chi connectivity index (χ1v) is 18.4. The number of carbonyl (C=O) groups is 3. The summed E-state index contributed by atoms with van der Waals surface area (Å²) in [4.78, 5) is 44.3. The fraction of sp³-hybridized carbons (Fsp3) is 0.390. The van der Waals surface area contributed by atoms with Gasteiger partial charge in [0.05, 0.1) is 36.1 Å². The van der Waals surface area contributed by atoms with Gasteiger partial charge in [-0.1, -0.05) is 43.3 Å². The van der Waals surface area contributed by atoms with E-state index in [1.54, 1.807) is 60.2 Å². The number of urea groups is 2. The number of aliphatic hydroxyl groups excluding tert-OH is 1. The molecule has 0 spiro atoms. The topological polar surface area (TPSA) is 151 Å². The molecule has 4 N–H and O–H groups in total. The van der Waals surface area contributed by atoms with Gasteiger partial charge in [-0.25, -0.2) is 9.59 Å². The molecule has 2 aliphatic rings. The summed E-state index contributed by atoms with van der Waals surface area (Å²) >= 11 is 0. The van der Waals surface area contributed by atoms with E-state index in [9.17, 15) is 19.5 Å². The van der Waals surface area contributed by atoms with Gasteiger partial charge in [0.1, 0.15) is 5.75 Å². The number of ether oxygens (including phenoxy) is 4. The van der Waals surface area contributed by atoms with Crippen molar-refractivity contribution in [2.75, 3.05) is 56.1 Å². The van der Waals surface area contributed by atoms with Gasteiger partial charge in [0, 0.05) is 55.5 Å². The Morgan fingerprint density at radius 3 is 2.43 bits per heavy atom. The summed E-state index contributed by atoms with van der Waals surface area (Å²) in [7, 11) is 1.73. The number of aliphatic hydroxyl groups is 1. The Morgan fingerprint density at radius 1 is 0.907 bits per heavy atom. The van der Waals surface area contributed by atoms with Crippen molar-refractivity contribution in [2.24, 2.45) is 5.92 Å². The van der Waals surface area contributed by atoms with Gasteiger partial charge in [0.25, 0.3) is 5.91 Å². The zero-order valence-corrected chi connectivity index (χ0v) is 31.2. The van der Waals surface area contributed by atoms with Gasteiger partial charge in [-0.15, -0.1) is 0 Å². The molecule has 0 unspecified atom stereocenters. The number of carbonyl (C=O) groups excluding carboxylic acids is 3. The number of benzene rings is 4. The highest BCUT2D eigenvalue weighted by atomic mass is 16.7. The summed E-state index contributed by atoms with van der Waals surface area (Å²) in [6, 6.07) is 22.4. The minimum Gasteiger partial charge on any atom is -0.490 e. The summed E-state index contributed by atoms with van der Waals surface area (Å²) in [5.41, 5.74) is 1.85. The minimum absolute atomic E-state index is 0.119. The Labute approximate surface area is 315 Å². The molecule has 6 rings (SSSR count). The lowest BCUT2D eigenvalue weighted by Gasteiger charge is -2.35. The Balaban J connectivity index is 1.20.